The van der Waals surface area contributed by atoms with Crippen LogP contribution in [0.3, 0.4) is 0 Å². The van der Waals surface area contributed by atoms with Gasteiger partial charge in [-0.05, 0) is 46.6 Å². The average molecular weight is 422 g/mol. The van der Waals surface area contributed by atoms with Crippen molar-refractivity contribution in [3.8, 4) is 0 Å². The van der Waals surface area contributed by atoms with Gasteiger partial charge >= 0.3 is 10.4 Å². The molecule has 7 heteroatoms. The van der Waals surface area contributed by atoms with E-state index in [1.165, 1.54) is 38.5 Å². The minimum absolute atomic E-state index is 0.00172. The van der Waals surface area contributed by atoms with Crippen molar-refractivity contribution in [3.05, 3.63) is 0 Å². The summed E-state index contributed by atoms with van der Waals surface area (Å²) in [7, 11) is -4.12. The van der Waals surface area contributed by atoms with Crippen LogP contribution in [0.15, 0.2) is 0 Å². The molecular formula is C21H43NO5S. The third-order valence-electron chi connectivity index (χ3n) is 5.03. The molecule has 0 aliphatic rings. The number of unbranched alkanes of at least 4 members (excludes halogenated alkanes) is 8. The van der Waals surface area contributed by atoms with E-state index in [4.69, 9.17) is 9.92 Å². The predicted molar refractivity (Wildman–Crippen MR) is 114 cm³/mol. The lowest BCUT2D eigenvalue weighted by atomic mass is 9.82. The summed E-state index contributed by atoms with van der Waals surface area (Å²) in [5.74, 6) is -0.464. The van der Waals surface area contributed by atoms with Crippen molar-refractivity contribution in [3.63, 3.8) is 0 Å². The van der Waals surface area contributed by atoms with Gasteiger partial charge < -0.3 is 5.73 Å². The number of ketones is 1. The average Bonchev–Trinajstić information content (AvgIpc) is 2.59. The zero-order valence-corrected chi connectivity index (χ0v) is 19.3. The topological polar surface area (TPSA) is 95.7 Å². The highest BCUT2D eigenvalue weighted by Gasteiger charge is 2.39. The number of rotatable bonds is 19. The predicted octanol–water partition coefficient (Wildman–Crippen LogP) is 4.91. The number of hydrogen-bond donors (Lipinski definition) is 1. The quantitative estimate of drug-likeness (QED) is 0.298. The first kappa shape index (κ1) is 27.5. The fourth-order valence-corrected chi connectivity index (χ4v) is 4.47. The Bertz CT molecular complexity index is 505. The first-order valence-corrected chi connectivity index (χ1v) is 12.4. The van der Waals surface area contributed by atoms with Gasteiger partial charge in [0.2, 0.25) is 0 Å². The summed E-state index contributed by atoms with van der Waals surface area (Å²) in [5, 5.41) is 0. The summed E-state index contributed by atoms with van der Waals surface area (Å²) in [6.45, 7) is 7.53. The Balaban J connectivity index is 4.49. The number of Topliss-reactive ketones (excluding diaryl/α,β-unsaturated/α-hetero) is 1. The number of carbonyl (C=O) groups is 1. The van der Waals surface area contributed by atoms with E-state index in [2.05, 4.69) is 11.1 Å². The summed E-state index contributed by atoms with van der Waals surface area (Å²) >= 11 is 0. The molecule has 1 atom stereocenters. The van der Waals surface area contributed by atoms with Gasteiger partial charge in [-0.1, -0.05) is 58.3 Å². The van der Waals surface area contributed by atoms with Crippen LogP contribution in [-0.4, -0.2) is 33.0 Å². The van der Waals surface area contributed by atoms with Crippen LogP contribution in [0.5, 0.6) is 0 Å². The second-order valence-electron chi connectivity index (χ2n) is 8.03. The first-order valence-electron chi connectivity index (χ1n) is 11.0. The Hall–Kier alpha value is -0.500. The van der Waals surface area contributed by atoms with Gasteiger partial charge in [-0.25, -0.2) is 8.37 Å². The molecule has 0 saturated heterocycles. The summed E-state index contributed by atoms with van der Waals surface area (Å²) < 4.78 is 33.7. The fraction of sp³-hybridized carbons (Fsp3) is 0.952. The maximum Gasteiger partial charge on any atom is 0.400 e. The molecule has 0 aliphatic carbocycles. The van der Waals surface area contributed by atoms with Gasteiger partial charge in [0.05, 0.1) is 12.2 Å². The van der Waals surface area contributed by atoms with E-state index in [1.54, 1.807) is 20.8 Å². The third-order valence-corrected chi connectivity index (χ3v) is 6.19. The van der Waals surface area contributed by atoms with Crippen molar-refractivity contribution >= 4 is 16.2 Å². The van der Waals surface area contributed by atoms with E-state index in [9.17, 15) is 13.2 Å². The minimum atomic E-state index is -4.12. The van der Waals surface area contributed by atoms with E-state index >= 15 is 0 Å². The van der Waals surface area contributed by atoms with Gasteiger partial charge in [-0.2, -0.15) is 8.42 Å². The van der Waals surface area contributed by atoms with Gasteiger partial charge in [-0.15, -0.1) is 0 Å². The van der Waals surface area contributed by atoms with Gasteiger partial charge in [0.1, 0.15) is 5.78 Å². The maximum atomic E-state index is 12.8. The molecule has 0 fully saturated rings. The second kappa shape index (κ2) is 15.4. The number of hydrogen-bond acceptors (Lipinski definition) is 6. The molecule has 0 aromatic rings. The van der Waals surface area contributed by atoms with E-state index in [0.717, 1.165) is 19.3 Å². The van der Waals surface area contributed by atoms with E-state index in [1.807, 2.05) is 0 Å². The molecule has 0 saturated carbocycles. The molecule has 0 aromatic heterocycles. The molecule has 0 radical (unpaired) electrons. The molecule has 28 heavy (non-hydrogen) atoms. The van der Waals surface area contributed by atoms with Gasteiger partial charge in [0.25, 0.3) is 0 Å². The SMILES string of the molecule is CCCCCCCCCCCC(=O)C(CCCN)C(C)(C)OS(=O)(=O)OCC. The summed E-state index contributed by atoms with van der Waals surface area (Å²) in [5.41, 5.74) is 4.45. The highest BCUT2D eigenvalue weighted by molar-refractivity contribution is 7.81. The lowest BCUT2D eigenvalue weighted by Crippen LogP contribution is -2.41. The lowest BCUT2D eigenvalue weighted by Gasteiger charge is -2.32. The molecule has 0 aromatic carbocycles. The Morgan fingerprint density at radius 1 is 0.929 bits per heavy atom. The molecule has 0 heterocycles. The molecule has 168 valence electrons. The monoisotopic (exact) mass is 421 g/mol. The van der Waals surface area contributed by atoms with Gasteiger partial charge in [-0.3, -0.25) is 4.79 Å². The van der Waals surface area contributed by atoms with Crippen LogP contribution >= 0.6 is 0 Å². The van der Waals surface area contributed by atoms with Gasteiger partial charge in [0.15, 0.2) is 0 Å². The number of carbonyl (C=O) groups excluding carboxylic acids is 1. The van der Waals surface area contributed by atoms with Crippen LogP contribution < -0.4 is 5.73 Å². The largest absolute Gasteiger partial charge is 0.400 e. The highest BCUT2D eigenvalue weighted by atomic mass is 32.3. The van der Waals surface area contributed by atoms with E-state index < -0.39 is 21.9 Å². The van der Waals surface area contributed by atoms with E-state index in [0.29, 0.717) is 25.8 Å². The molecule has 0 aliphatic heterocycles. The number of nitrogens with two attached hydrogens (primary N) is 1. The van der Waals surface area contributed by atoms with Crippen LogP contribution in [0, 0.1) is 5.92 Å². The van der Waals surface area contributed by atoms with Crippen molar-refractivity contribution in [1.82, 2.24) is 0 Å². The summed E-state index contributed by atoms with van der Waals surface area (Å²) in [6, 6.07) is 0. The second-order valence-corrected chi connectivity index (χ2v) is 9.25. The smallest absolute Gasteiger partial charge is 0.330 e. The van der Waals surface area contributed by atoms with Crippen molar-refractivity contribution < 1.29 is 21.6 Å². The minimum Gasteiger partial charge on any atom is -0.330 e. The molecule has 2 N–H and O–H groups in total. The molecule has 1 unspecified atom stereocenters. The zero-order chi connectivity index (χ0) is 21.5. The Labute approximate surface area is 173 Å². The Morgan fingerprint density at radius 2 is 1.46 bits per heavy atom. The maximum absolute atomic E-state index is 12.8. The van der Waals surface area contributed by atoms with Crippen molar-refractivity contribution in [2.45, 2.75) is 110 Å². The van der Waals surface area contributed by atoms with Crippen LogP contribution in [-0.2, 0) is 23.6 Å². The standard InChI is InChI=1S/C21H43NO5S/c1-5-7-8-9-10-11-12-13-14-17-20(23)19(16-15-18-22)21(3,4)27-28(24,25)26-6-2/h19H,5-18,22H2,1-4H3. The third kappa shape index (κ3) is 12.9. The van der Waals surface area contributed by atoms with E-state index in [-0.39, 0.29) is 12.4 Å². The normalized spacial score (nSPS) is 13.6. The lowest BCUT2D eigenvalue weighted by molar-refractivity contribution is -0.129. The fourth-order valence-electron chi connectivity index (χ4n) is 3.49. The molecule has 0 bridgehead atoms. The first-order chi connectivity index (χ1) is 13.2. The van der Waals surface area contributed by atoms with Gasteiger partial charge in [0, 0.05) is 12.3 Å². The Morgan fingerprint density at radius 3 is 1.96 bits per heavy atom. The zero-order valence-electron chi connectivity index (χ0n) is 18.5. The Kier molecular flexibility index (Phi) is 15.1. The molecule has 0 amide bonds. The summed E-state index contributed by atoms with van der Waals surface area (Å²) in [6.07, 6.45) is 12.3. The highest BCUT2D eigenvalue weighted by Crippen LogP contribution is 2.30. The van der Waals surface area contributed by atoms with Crippen LogP contribution in [0.2, 0.25) is 0 Å². The van der Waals surface area contributed by atoms with Crippen LogP contribution in [0.4, 0.5) is 0 Å². The van der Waals surface area contributed by atoms with Crippen molar-refractivity contribution in [2.24, 2.45) is 11.7 Å². The van der Waals surface area contributed by atoms with Crippen LogP contribution in [0.25, 0.3) is 0 Å². The van der Waals surface area contributed by atoms with Crippen molar-refractivity contribution in [2.75, 3.05) is 13.2 Å². The molecule has 0 spiro atoms. The molecule has 0 rings (SSSR count). The molecule has 6 nitrogen and oxygen atoms in total. The summed E-state index contributed by atoms with van der Waals surface area (Å²) in [4.78, 5) is 12.8. The van der Waals surface area contributed by atoms with Crippen LogP contribution in [0.1, 0.15) is 105 Å². The molecular weight excluding hydrogens is 378 g/mol. The van der Waals surface area contributed by atoms with Crippen molar-refractivity contribution in [1.29, 1.82) is 0 Å².